The van der Waals surface area contributed by atoms with Crippen molar-refractivity contribution in [2.24, 2.45) is 10.2 Å². The molecule has 0 saturated carbocycles. The molecule has 174 valence electrons. The van der Waals surface area contributed by atoms with Crippen LogP contribution in [0.15, 0.2) is 68.3 Å². The molecule has 0 radical (unpaired) electrons. The maximum Gasteiger partial charge on any atom is 0.353 e. The Kier molecular flexibility index (Phi) is 6.09. The summed E-state index contributed by atoms with van der Waals surface area (Å²) in [6.07, 6.45) is -0.400. The van der Waals surface area contributed by atoms with Crippen molar-refractivity contribution in [3.05, 3.63) is 96.8 Å². The predicted octanol–water partition coefficient (Wildman–Crippen LogP) is 1.59. The third-order valence-corrected chi connectivity index (χ3v) is 5.44. The van der Waals surface area contributed by atoms with Crippen molar-refractivity contribution in [1.82, 2.24) is 18.8 Å². The molecule has 11 nitrogen and oxygen atoms in total. The molecule has 0 aliphatic rings. The number of hydrogen-bond acceptors (Lipinski definition) is 6. The quantitative estimate of drug-likeness (QED) is 0.330. The number of fused-ring (bicyclic) bond motifs is 1. The van der Waals surface area contributed by atoms with Crippen LogP contribution in [0, 0.1) is 18.8 Å². The third kappa shape index (κ3) is 4.49. The van der Waals surface area contributed by atoms with Crippen LogP contribution in [0.5, 0.6) is 0 Å². The molecule has 4 rings (SSSR count). The summed E-state index contributed by atoms with van der Waals surface area (Å²) in [6.45, 7) is 3.64. The van der Waals surface area contributed by atoms with Crippen molar-refractivity contribution >= 4 is 22.5 Å². The highest BCUT2D eigenvalue weighted by atomic mass is 16.3. The van der Waals surface area contributed by atoms with Gasteiger partial charge in [-0.05, 0) is 43.0 Å². The number of hydrogen-bond donors (Lipinski definition) is 2. The van der Waals surface area contributed by atoms with Gasteiger partial charge in [0, 0.05) is 22.9 Å². The number of nitrogens with zero attached hydrogens (tertiary/aromatic N) is 5. The smallest absolute Gasteiger partial charge is 0.353 e. The van der Waals surface area contributed by atoms with Gasteiger partial charge in [-0.3, -0.25) is 9.36 Å². The second-order valence-electron chi connectivity index (χ2n) is 8.03. The maximum absolute atomic E-state index is 13.3. The topological polar surface area (TPSA) is 150 Å². The molecule has 2 aromatic carbocycles. The van der Waals surface area contributed by atoms with Crippen LogP contribution in [0.3, 0.4) is 0 Å². The monoisotopic (exact) mass is 461 g/mol. The Morgan fingerprint density at radius 2 is 1.74 bits per heavy atom. The second kappa shape index (κ2) is 9.14. The highest BCUT2D eigenvalue weighted by molar-refractivity contribution is 5.83. The average Bonchev–Trinajstić information content (AvgIpc) is 3.20. The van der Waals surface area contributed by atoms with Gasteiger partial charge in [-0.25, -0.2) is 19.1 Å². The molecule has 0 aliphatic heterocycles. The van der Waals surface area contributed by atoms with Crippen LogP contribution < -0.4 is 22.8 Å². The van der Waals surface area contributed by atoms with Gasteiger partial charge >= 0.3 is 11.4 Å². The Morgan fingerprint density at radius 3 is 2.44 bits per heavy atom. The Labute approximate surface area is 192 Å². The SMILES string of the molecule is Cc1ccc(Cn2c(=O)n(CCC(=O)N=O)c(=O)n(N)/c2=N\c2ccc3cc(C)[nH]c3c2)cc1. The lowest BCUT2D eigenvalue weighted by Gasteiger charge is -2.13. The summed E-state index contributed by atoms with van der Waals surface area (Å²) in [5.41, 5.74) is 2.53. The molecule has 0 unspecified atom stereocenters. The number of benzene rings is 2. The van der Waals surface area contributed by atoms with Crippen LogP contribution in [-0.4, -0.2) is 24.7 Å². The number of nitrogens with one attached hydrogen (secondary N) is 1. The van der Waals surface area contributed by atoms with Crippen LogP contribution in [0.1, 0.15) is 23.2 Å². The molecule has 1 amide bonds. The summed E-state index contributed by atoms with van der Waals surface area (Å²) in [4.78, 5) is 55.7. The lowest BCUT2D eigenvalue weighted by molar-refractivity contribution is -0.118. The van der Waals surface area contributed by atoms with Crippen molar-refractivity contribution in [1.29, 1.82) is 0 Å². The minimum absolute atomic E-state index is 0.0608. The van der Waals surface area contributed by atoms with Crippen molar-refractivity contribution in [3.8, 4) is 0 Å². The molecule has 0 fully saturated rings. The molecule has 0 aliphatic carbocycles. The van der Waals surface area contributed by atoms with Gasteiger partial charge in [0.2, 0.25) is 5.62 Å². The number of aromatic nitrogens is 4. The summed E-state index contributed by atoms with van der Waals surface area (Å²) < 4.78 is 2.82. The number of rotatable bonds is 6. The van der Waals surface area contributed by atoms with Gasteiger partial charge in [0.15, 0.2) is 0 Å². The third-order valence-electron chi connectivity index (χ3n) is 5.44. The highest BCUT2D eigenvalue weighted by Crippen LogP contribution is 2.21. The normalized spacial score (nSPS) is 11.8. The minimum Gasteiger partial charge on any atom is -0.359 e. The van der Waals surface area contributed by atoms with E-state index in [-0.39, 0.29) is 18.7 Å². The van der Waals surface area contributed by atoms with E-state index in [4.69, 9.17) is 5.84 Å². The van der Waals surface area contributed by atoms with E-state index in [1.54, 1.807) is 12.1 Å². The largest absolute Gasteiger partial charge is 0.359 e. The predicted molar refractivity (Wildman–Crippen MR) is 127 cm³/mol. The number of H-pyrrole nitrogens is 1. The Bertz CT molecular complexity index is 1590. The number of aryl methyl sites for hydroxylation is 2. The van der Waals surface area contributed by atoms with E-state index in [0.29, 0.717) is 5.69 Å². The fourth-order valence-corrected chi connectivity index (χ4v) is 3.68. The average molecular weight is 461 g/mol. The number of nitrogen functional groups attached to an aromatic ring is 1. The number of nitroso groups, excluding NO2 is 1. The van der Waals surface area contributed by atoms with E-state index in [1.165, 1.54) is 4.57 Å². The molecule has 2 heterocycles. The van der Waals surface area contributed by atoms with Crippen LogP contribution in [0.2, 0.25) is 0 Å². The van der Waals surface area contributed by atoms with E-state index in [2.05, 4.69) is 15.2 Å². The van der Waals surface area contributed by atoms with Gasteiger partial charge in [0.25, 0.3) is 5.91 Å². The number of amides is 1. The first-order valence-electron chi connectivity index (χ1n) is 10.5. The van der Waals surface area contributed by atoms with Gasteiger partial charge in [-0.2, -0.15) is 4.68 Å². The fraction of sp³-hybridized carbons (Fsp3) is 0.217. The molecule has 0 saturated heterocycles. The van der Waals surface area contributed by atoms with Crippen LogP contribution in [0.25, 0.3) is 10.9 Å². The van der Waals surface area contributed by atoms with Crippen molar-refractivity contribution in [3.63, 3.8) is 0 Å². The standard InChI is InChI=1S/C23H23N7O4/c1-14-3-5-16(6-4-14)13-29-21(26-18-8-7-17-11-15(2)25-19(17)12-18)30(24)23(33)28(22(29)32)10-9-20(31)27-34/h3-8,11-12,25H,9-10,13,24H2,1-2H3/b26-21-. The zero-order chi connectivity index (χ0) is 24.4. The van der Waals surface area contributed by atoms with Gasteiger partial charge in [0.05, 0.1) is 18.7 Å². The number of carbonyl (C=O) groups excluding carboxylic acids is 1. The highest BCUT2D eigenvalue weighted by Gasteiger charge is 2.15. The number of carbonyl (C=O) groups is 1. The van der Waals surface area contributed by atoms with E-state index >= 15 is 0 Å². The van der Waals surface area contributed by atoms with Gasteiger partial charge in [-0.15, -0.1) is 4.91 Å². The van der Waals surface area contributed by atoms with E-state index in [0.717, 1.165) is 37.0 Å². The minimum atomic E-state index is -0.969. The van der Waals surface area contributed by atoms with Gasteiger partial charge in [-0.1, -0.05) is 35.9 Å². The molecule has 11 heteroatoms. The van der Waals surface area contributed by atoms with Crippen molar-refractivity contribution in [2.75, 3.05) is 5.84 Å². The molecule has 34 heavy (non-hydrogen) atoms. The summed E-state index contributed by atoms with van der Waals surface area (Å²) in [5.74, 6) is 5.12. The Morgan fingerprint density at radius 1 is 1.00 bits per heavy atom. The van der Waals surface area contributed by atoms with Gasteiger partial charge in [0.1, 0.15) is 0 Å². The zero-order valence-electron chi connectivity index (χ0n) is 18.7. The lowest BCUT2D eigenvalue weighted by atomic mass is 10.1. The molecule has 0 bridgehead atoms. The molecule has 0 atom stereocenters. The molecule has 4 aromatic rings. The molecule has 0 spiro atoms. The number of nitrogens with two attached hydrogens (primary N) is 1. The van der Waals surface area contributed by atoms with Gasteiger partial charge < -0.3 is 10.8 Å². The first kappa shape index (κ1) is 22.6. The van der Waals surface area contributed by atoms with E-state index in [1.807, 2.05) is 50.2 Å². The Balaban J connectivity index is 1.92. The lowest BCUT2D eigenvalue weighted by Crippen LogP contribution is -2.57. The van der Waals surface area contributed by atoms with Crippen LogP contribution in [-0.2, 0) is 17.9 Å². The van der Waals surface area contributed by atoms with Crippen LogP contribution >= 0.6 is 0 Å². The second-order valence-corrected chi connectivity index (χ2v) is 8.03. The summed E-state index contributed by atoms with van der Waals surface area (Å²) in [7, 11) is 0. The molecular formula is C23H23N7O4. The Hall–Kier alpha value is -4.54. The van der Waals surface area contributed by atoms with Crippen LogP contribution in [0.4, 0.5) is 5.69 Å². The molecular weight excluding hydrogens is 438 g/mol. The van der Waals surface area contributed by atoms with E-state index in [9.17, 15) is 19.3 Å². The molecule has 3 N–H and O–H groups in total. The fourth-order valence-electron chi connectivity index (χ4n) is 3.68. The first-order valence-corrected chi connectivity index (χ1v) is 10.5. The zero-order valence-corrected chi connectivity index (χ0v) is 18.7. The summed E-state index contributed by atoms with van der Waals surface area (Å²) in [5, 5.41) is 3.31. The number of aromatic amines is 1. The van der Waals surface area contributed by atoms with E-state index < -0.39 is 23.7 Å². The summed E-state index contributed by atoms with van der Waals surface area (Å²) in [6, 6.07) is 14.9. The maximum atomic E-state index is 13.3. The van der Waals surface area contributed by atoms with Crippen molar-refractivity contribution in [2.45, 2.75) is 33.4 Å². The summed E-state index contributed by atoms with van der Waals surface area (Å²) >= 11 is 0. The van der Waals surface area contributed by atoms with Crippen molar-refractivity contribution < 1.29 is 4.79 Å². The molecule has 2 aromatic heterocycles. The first-order chi connectivity index (χ1) is 16.3.